The zero-order chi connectivity index (χ0) is 21.0. The predicted octanol–water partition coefficient (Wildman–Crippen LogP) is 3.26. The van der Waals surface area contributed by atoms with E-state index in [9.17, 15) is 13.2 Å². The Morgan fingerprint density at radius 3 is 2.31 bits per heavy atom. The summed E-state index contributed by atoms with van der Waals surface area (Å²) in [5, 5.41) is 6.64. The highest BCUT2D eigenvalue weighted by Gasteiger charge is 2.29. The van der Waals surface area contributed by atoms with Crippen LogP contribution in [0.15, 0.2) is 65.7 Å². The number of benzene rings is 2. The van der Waals surface area contributed by atoms with Crippen molar-refractivity contribution in [2.45, 2.75) is 17.4 Å². The quantitative estimate of drug-likeness (QED) is 0.575. The molecule has 0 unspecified atom stereocenters. The Kier molecular flexibility index (Phi) is 6.59. The molecule has 0 aliphatic heterocycles. The molecule has 3 rings (SSSR count). The standard InChI is InChI=1S/C19H18Cl2N4O3S/c1-25-11-10-17(23-25)22-19(26)16(12-13-6-3-2-4-7-13)24-29(27,28)18-14(20)8-5-9-15(18)21/h2-11,16,24H,12H2,1H3,(H,22,23,26)/t16-/m1/s1. The second kappa shape index (κ2) is 8.96. The summed E-state index contributed by atoms with van der Waals surface area (Å²) in [5.41, 5.74) is 0.779. The van der Waals surface area contributed by atoms with Crippen molar-refractivity contribution in [3.8, 4) is 0 Å². The van der Waals surface area contributed by atoms with Crippen LogP contribution in [-0.4, -0.2) is 30.1 Å². The van der Waals surface area contributed by atoms with E-state index in [2.05, 4.69) is 15.1 Å². The first-order valence-corrected chi connectivity index (χ1v) is 10.8. The fraction of sp³-hybridized carbons (Fsp3) is 0.158. The summed E-state index contributed by atoms with van der Waals surface area (Å²) in [6, 6.07) is 13.9. The molecule has 1 atom stereocenters. The van der Waals surface area contributed by atoms with Crippen molar-refractivity contribution in [2.24, 2.45) is 7.05 Å². The second-order valence-corrected chi connectivity index (χ2v) is 8.74. The first kappa shape index (κ1) is 21.3. The fourth-order valence-corrected chi connectivity index (χ4v) is 5.06. The van der Waals surface area contributed by atoms with Crippen molar-refractivity contribution in [1.82, 2.24) is 14.5 Å². The summed E-state index contributed by atoms with van der Waals surface area (Å²) in [6.07, 6.45) is 1.79. The van der Waals surface area contributed by atoms with Gasteiger partial charge in [0.2, 0.25) is 15.9 Å². The van der Waals surface area contributed by atoms with Crippen LogP contribution in [-0.2, 0) is 28.3 Å². The lowest BCUT2D eigenvalue weighted by molar-refractivity contribution is -0.117. The largest absolute Gasteiger partial charge is 0.308 e. The monoisotopic (exact) mass is 452 g/mol. The normalized spacial score (nSPS) is 12.5. The average molecular weight is 453 g/mol. The highest BCUT2D eigenvalue weighted by molar-refractivity contribution is 7.89. The van der Waals surface area contributed by atoms with Gasteiger partial charge in [-0.3, -0.25) is 9.48 Å². The van der Waals surface area contributed by atoms with E-state index >= 15 is 0 Å². The van der Waals surface area contributed by atoms with Gasteiger partial charge in [0.05, 0.1) is 10.0 Å². The van der Waals surface area contributed by atoms with E-state index in [0.29, 0.717) is 5.82 Å². The molecule has 0 fully saturated rings. The third kappa shape index (κ3) is 5.36. The summed E-state index contributed by atoms with van der Waals surface area (Å²) >= 11 is 12.1. The van der Waals surface area contributed by atoms with Gasteiger partial charge in [0.15, 0.2) is 5.82 Å². The molecule has 0 bridgehead atoms. The molecule has 3 aromatic rings. The molecule has 1 aromatic heterocycles. The number of nitrogens with zero attached hydrogens (tertiary/aromatic N) is 2. The Bertz CT molecular complexity index is 1100. The molecule has 2 N–H and O–H groups in total. The smallest absolute Gasteiger partial charge is 0.244 e. The summed E-state index contributed by atoms with van der Waals surface area (Å²) in [5.74, 6) is -0.246. The second-order valence-electron chi connectivity index (χ2n) is 6.28. The lowest BCUT2D eigenvalue weighted by Gasteiger charge is -2.19. The number of amides is 1. The van der Waals surface area contributed by atoms with E-state index in [-0.39, 0.29) is 21.4 Å². The third-order valence-corrected chi connectivity index (χ3v) is 6.48. The number of hydrogen-bond donors (Lipinski definition) is 2. The Balaban J connectivity index is 1.90. The van der Waals surface area contributed by atoms with Gasteiger partial charge in [0.1, 0.15) is 10.9 Å². The summed E-state index contributed by atoms with van der Waals surface area (Å²) in [4.78, 5) is 12.6. The zero-order valence-electron chi connectivity index (χ0n) is 15.3. The molecule has 1 heterocycles. The third-order valence-electron chi connectivity index (χ3n) is 4.05. The number of sulfonamides is 1. The van der Waals surface area contributed by atoms with Gasteiger partial charge in [-0.25, -0.2) is 8.42 Å². The van der Waals surface area contributed by atoms with Crippen molar-refractivity contribution in [3.05, 3.63) is 76.4 Å². The molecule has 0 spiro atoms. The highest BCUT2D eigenvalue weighted by Crippen LogP contribution is 2.29. The molecular formula is C19H18Cl2N4O3S. The van der Waals surface area contributed by atoms with E-state index in [1.54, 1.807) is 37.5 Å². The minimum Gasteiger partial charge on any atom is -0.308 e. The van der Waals surface area contributed by atoms with Crippen LogP contribution in [0.2, 0.25) is 10.0 Å². The maximum atomic E-state index is 13.0. The number of aromatic nitrogens is 2. The molecular weight excluding hydrogens is 435 g/mol. The molecule has 0 saturated heterocycles. The van der Waals surface area contributed by atoms with Crippen molar-refractivity contribution in [2.75, 3.05) is 5.32 Å². The maximum absolute atomic E-state index is 13.0. The summed E-state index contributed by atoms with van der Waals surface area (Å²) in [7, 11) is -2.47. The highest BCUT2D eigenvalue weighted by atomic mass is 35.5. The lowest BCUT2D eigenvalue weighted by Crippen LogP contribution is -2.45. The summed E-state index contributed by atoms with van der Waals surface area (Å²) < 4.78 is 29.9. The van der Waals surface area contributed by atoms with Gasteiger partial charge in [-0.1, -0.05) is 59.6 Å². The molecule has 0 radical (unpaired) electrons. The van der Waals surface area contributed by atoms with Crippen molar-refractivity contribution in [3.63, 3.8) is 0 Å². The van der Waals surface area contributed by atoms with Gasteiger partial charge >= 0.3 is 0 Å². The molecule has 152 valence electrons. The number of rotatable bonds is 7. The molecule has 29 heavy (non-hydrogen) atoms. The average Bonchev–Trinajstić information content (AvgIpc) is 3.06. The molecule has 2 aromatic carbocycles. The van der Waals surface area contributed by atoms with E-state index in [0.717, 1.165) is 5.56 Å². The van der Waals surface area contributed by atoms with E-state index in [4.69, 9.17) is 23.2 Å². The van der Waals surface area contributed by atoms with Crippen LogP contribution in [0.1, 0.15) is 5.56 Å². The number of hydrogen-bond acceptors (Lipinski definition) is 4. The van der Waals surface area contributed by atoms with E-state index in [1.165, 1.54) is 16.8 Å². The predicted molar refractivity (Wildman–Crippen MR) is 113 cm³/mol. The first-order chi connectivity index (χ1) is 13.8. The van der Waals surface area contributed by atoms with Crippen molar-refractivity contribution < 1.29 is 13.2 Å². The first-order valence-electron chi connectivity index (χ1n) is 8.57. The van der Waals surface area contributed by atoms with Crippen LogP contribution >= 0.6 is 23.2 Å². The van der Waals surface area contributed by atoms with Gasteiger partial charge in [0, 0.05) is 19.3 Å². The van der Waals surface area contributed by atoms with Crippen LogP contribution in [0.4, 0.5) is 5.82 Å². The van der Waals surface area contributed by atoms with Crippen LogP contribution in [0.3, 0.4) is 0 Å². The minimum atomic E-state index is -4.17. The van der Waals surface area contributed by atoms with Crippen LogP contribution in [0, 0.1) is 0 Å². The molecule has 1 amide bonds. The van der Waals surface area contributed by atoms with Gasteiger partial charge in [-0.05, 0) is 24.1 Å². The Hall–Kier alpha value is -2.39. The van der Waals surface area contributed by atoms with Crippen molar-refractivity contribution in [1.29, 1.82) is 0 Å². The van der Waals surface area contributed by atoms with Gasteiger partial charge < -0.3 is 5.32 Å². The van der Waals surface area contributed by atoms with Gasteiger partial charge in [-0.15, -0.1) is 0 Å². The minimum absolute atomic E-state index is 0.0337. The molecule has 10 heteroatoms. The van der Waals surface area contributed by atoms with E-state index in [1.807, 2.05) is 18.2 Å². The number of halogens is 2. The molecule has 0 aliphatic carbocycles. The van der Waals surface area contributed by atoms with Crippen LogP contribution < -0.4 is 10.0 Å². The van der Waals surface area contributed by atoms with Crippen LogP contribution in [0.5, 0.6) is 0 Å². The zero-order valence-corrected chi connectivity index (χ0v) is 17.7. The Labute approximate surface area is 178 Å². The molecule has 0 saturated carbocycles. The number of carbonyl (C=O) groups is 1. The number of aryl methyl sites for hydroxylation is 1. The number of carbonyl (C=O) groups excluding carboxylic acids is 1. The summed E-state index contributed by atoms with van der Waals surface area (Å²) in [6.45, 7) is 0. The van der Waals surface area contributed by atoms with E-state index < -0.39 is 22.0 Å². The van der Waals surface area contributed by atoms with Crippen LogP contribution in [0.25, 0.3) is 0 Å². The van der Waals surface area contributed by atoms with Gasteiger partial charge in [-0.2, -0.15) is 9.82 Å². The number of nitrogens with one attached hydrogen (secondary N) is 2. The Morgan fingerprint density at radius 1 is 1.07 bits per heavy atom. The topological polar surface area (TPSA) is 93.1 Å². The van der Waals surface area contributed by atoms with Gasteiger partial charge in [0.25, 0.3) is 0 Å². The molecule has 7 nitrogen and oxygen atoms in total. The molecule has 0 aliphatic rings. The SMILES string of the molecule is Cn1ccc(NC(=O)[C@@H](Cc2ccccc2)NS(=O)(=O)c2c(Cl)cccc2Cl)n1. The fourth-order valence-electron chi connectivity index (χ4n) is 2.72. The maximum Gasteiger partial charge on any atom is 0.244 e. The lowest BCUT2D eigenvalue weighted by atomic mass is 10.1. The Morgan fingerprint density at radius 2 is 1.72 bits per heavy atom. The van der Waals surface area contributed by atoms with Crippen molar-refractivity contribution >= 4 is 45.0 Å². The number of anilines is 1.